The summed E-state index contributed by atoms with van der Waals surface area (Å²) in [6.07, 6.45) is 0.276. The smallest absolute Gasteiger partial charge is 0.303 e. The number of hydrogen-bond acceptors (Lipinski definition) is 3. The number of carbonyl (C=O) groups is 2. The van der Waals surface area contributed by atoms with E-state index in [1.165, 1.54) is 5.56 Å². The first-order chi connectivity index (χ1) is 9.22. The molecule has 0 saturated heterocycles. The Morgan fingerprint density at radius 2 is 1.60 bits per heavy atom. The molecule has 0 unspecified atom stereocenters. The molecule has 0 aromatic heterocycles. The van der Waals surface area contributed by atoms with Gasteiger partial charge in [0.05, 0.1) is 0 Å². The zero-order valence-corrected chi connectivity index (χ0v) is 12.6. The topological polar surface area (TPSA) is 77.4 Å². The number of carboxylic acids is 2. The summed E-state index contributed by atoms with van der Waals surface area (Å²) in [5.41, 5.74) is 2.02. The van der Waals surface area contributed by atoms with Gasteiger partial charge in [-0.1, -0.05) is 52.0 Å². The Bertz CT molecular complexity index is 419. The average molecular weight is 279 g/mol. The van der Waals surface area contributed by atoms with Gasteiger partial charge in [-0.05, 0) is 23.0 Å². The molecule has 0 spiro atoms. The summed E-state index contributed by atoms with van der Waals surface area (Å²) in [7, 11) is 0. The van der Waals surface area contributed by atoms with Crippen molar-refractivity contribution in [3.63, 3.8) is 0 Å². The Labute approximate surface area is 120 Å². The fourth-order valence-corrected chi connectivity index (χ4v) is 1.54. The molecular weight excluding hydrogens is 256 g/mol. The second kappa shape index (κ2) is 9.13. The minimum atomic E-state index is -1.03. The van der Waals surface area contributed by atoms with Gasteiger partial charge in [-0.3, -0.25) is 4.79 Å². The van der Waals surface area contributed by atoms with Crippen molar-refractivity contribution in [2.24, 2.45) is 5.92 Å². The lowest BCUT2D eigenvalue weighted by molar-refractivity contribution is -0.304. The van der Waals surface area contributed by atoms with E-state index in [1.54, 1.807) is 0 Å². The molecule has 1 N–H and O–H groups in total. The van der Waals surface area contributed by atoms with Gasteiger partial charge in [-0.2, -0.15) is 0 Å². The summed E-state index contributed by atoms with van der Waals surface area (Å²) in [6.45, 7) is 7.98. The third-order valence-electron chi connectivity index (χ3n) is 2.58. The fraction of sp³-hybridized carbons (Fsp3) is 0.500. The number of rotatable bonds is 5. The Morgan fingerprint density at radius 3 is 1.85 bits per heavy atom. The summed E-state index contributed by atoms with van der Waals surface area (Å²) in [6, 6.07) is 7.60. The normalized spacial score (nSPS) is 10.1. The van der Waals surface area contributed by atoms with E-state index in [4.69, 9.17) is 5.11 Å². The third kappa shape index (κ3) is 9.14. The molecule has 1 aromatic rings. The largest absolute Gasteiger partial charge is 0.550 e. The maximum absolute atomic E-state index is 10.3. The Balaban J connectivity index is 0.000000441. The van der Waals surface area contributed by atoms with Gasteiger partial charge >= 0.3 is 5.97 Å². The Morgan fingerprint density at radius 1 is 1.10 bits per heavy atom. The molecule has 0 bridgehead atoms. The van der Waals surface area contributed by atoms with Crippen LogP contribution in [0.15, 0.2) is 24.3 Å². The highest BCUT2D eigenvalue weighted by molar-refractivity contribution is 5.68. The van der Waals surface area contributed by atoms with Crippen molar-refractivity contribution >= 4 is 11.9 Å². The maximum atomic E-state index is 10.3. The summed E-state index contributed by atoms with van der Waals surface area (Å²) in [4.78, 5) is 20.1. The van der Waals surface area contributed by atoms with Crippen LogP contribution in [0.4, 0.5) is 0 Å². The zero-order valence-electron chi connectivity index (χ0n) is 12.6. The van der Waals surface area contributed by atoms with Gasteiger partial charge in [-0.25, -0.2) is 0 Å². The van der Waals surface area contributed by atoms with Crippen molar-refractivity contribution < 1.29 is 19.8 Å². The predicted octanol–water partition coefficient (Wildman–Crippen LogP) is 2.22. The van der Waals surface area contributed by atoms with Gasteiger partial charge in [0.1, 0.15) is 0 Å². The Kier molecular flexibility index (Phi) is 8.29. The van der Waals surface area contributed by atoms with Crippen molar-refractivity contribution in [2.45, 2.75) is 46.5 Å². The average Bonchev–Trinajstić information content (AvgIpc) is 2.27. The molecule has 112 valence electrons. The zero-order chi connectivity index (χ0) is 15.7. The second-order valence-electron chi connectivity index (χ2n) is 5.44. The molecule has 0 radical (unpaired) electrons. The molecule has 0 aliphatic rings. The van der Waals surface area contributed by atoms with E-state index in [-0.39, 0.29) is 18.8 Å². The molecule has 0 amide bonds. The number of benzene rings is 1. The van der Waals surface area contributed by atoms with Crippen molar-refractivity contribution in [3.05, 3.63) is 35.4 Å². The highest BCUT2D eigenvalue weighted by atomic mass is 16.4. The monoisotopic (exact) mass is 279 g/mol. The maximum Gasteiger partial charge on any atom is 0.303 e. The fourth-order valence-electron chi connectivity index (χ4n) is 1.54. The van der Waals surface area contributed by atoms with Crippen LogP contribution in [0.1, 0.15) is 51.2 Å². The summed E-state index contributed by atoms with van der Waals surface area (Å²) in [5.74, 6) is -0.984. The minimum Gasteiger partial charge on any atom is -0.550 e. The molecule has 1 aromatic carbocycles. The van der Waals surface area contributed by atoms with Crippen LogP contribution in [0.3, 0.4) is 0 Å². The first-order valence-corrected chi connectivity index (χ1v) is 6.72. The van der Waals surface area contributed by atoms with Crippen LogP contribution in [-0.2, 0) is 16.0 Å². The van der Waals surface area contributed by atoms with E-state index in [0.717, 1.165) is 5.56 Å². The van der Waals surface area contributed by atoms with Crippen molar-refractivity contribution in [1.29, 1.82) is 0 Å². The standard InChI is InChI=1S/C11H14O2.C5H10O2/c1-8(2)10-5-3-9(4-6-10)7-11(12)13;1-4(2)3-5(6)7/h3-6,8H,7H2,1-2H3,(H,12,13);4H,3H2,1-2H3,(H,6,7)/p-1. The minimum absolute atomic E-state index is 0.00161. The number of aliphatic carboxylic acids is 2. The van der Waals surface area contributed by atoms with Gasteiger partial charge in [-0.15, -0.1) is 0 Å². The third-order valence-corrected chi connectivity index (χ3v) is 2.58. The molecule has 0 aliphatic carbocycles. The lowest BCUT2D eigenvalue weighted by Gasteiger charge is -2.06. The molecule has 0 aliphatic heterocycles. The molecule has 1 rings (SSSR count). The van der Waals surface area contributed by atoms with Crippen LogP contribution in [0.25, 0.3) is 0 Å². The first kappa shape index (κ1) is 18.2. The molecule has 0 heterocycles. The highest BCUT2D eigenvalue weighted by Gasteiger charge is 1.99. The van der Waals surface area contributed by atoms with E-state index < -0.39 is 11.9 Å². The van der Waals surface area contributed by atoms with Gasteiger partial charge < -0.3 is 15.0 Å². The van der Waals surface area contributed by atoms with Crippen molar-refractivity contribution in [3.8, 4) is 0 Å². The van der Waals surface area contributed by atoms with Crippen LogP contribution < -0.4 is 5.11 Å². The first-order valence-electron chi connectivity index (χ1n) is 6.72. The Hall–Kier alpha value is -1.84. The van der Waals surface area contributed by atoms with Crippen LogP contribution in [0.5, 0.6) is 0 Å². The number of carboxylic acid groups (broad SMARTS) is 2. The van der Waals surface area contributed by atoms with Crippen LogP contribution in [-0.4, -0.2) is 17.0 Å². The molecule has 20 heavy (non-hydrogen) atoms. The molecule has 0 fully saturated rings. The van der Waals surface area contributed by atoms with Gasteiger partial charge in [0, 0.05) is 18.8 Å². The highest BCUT2D eigenvalue weighted by Crippen LogP contribution is 2.14. The van der Waals surface area contributed by atoms with E-state index in [0.29, 0.717) is 5.92 Å². The van der Waals surface area contributed by atoms with Crippen molar-refractivity contribution in [2.75, 3.05) is 0 Å². The molecule has 0 saturated carbocycles. The molecular formula is C16H23O4-. The number of hydrogen-bond donors (Lipinski definition) is 1. The lowest BCUT2D eigenvalue weighted by atomic mass is 10.0. The van der Waals surface area contributed by atoms with Gasteiger partial charge in [0.2, 0.25) is 0 Å². The summed E-state index contributed by atoms with van der Waals surface area (Å²) in [5, 5.41) is 18.4. The second-order valence-corrected chi connectivity index (χ2v) is 5.44. The molecule has 4 heteroatoms. The summed E-state index contributed by atoms with van der Waals surface area (Å²) >= 11 is 0. The lowest BCUT2D eigenvalue weighted by Crippen LogP contribution is -2.24. The summed E-state index contributed by atoms with van der Waals surface area (Å²) < 4.78 is 0. The van der Waals surface area contributed by atoms with Crippen LogP contribution >= 0.6 is 0 Å². The number of carbonyl (C=O) groups excluding carboxylic acids is 1. The van der Waals surface area contributed by atoms with Gasteiger partial charge in [0.25, 0.3) is 0 Å². The van der Waals surface area contributed by atoms with E-state index in [2.05, 4.69) is 13.8 Å². The van der Waals surface area contributed by atoms with Crippen LogP contribution in [0, 0.1) is 5.92 Å². The van der Waals surface area contributed by atoms with Gasteiger partial charge in [0.15, 0.2) is 0 Å². The van der Waals surface area contributed by atoms with Crippen LogP contribution in [0.2, 0.25) is 0 Å². The molecule has 4 nitrogen and oxygen atoms in total. The quantitative estimate of drug-likeness (QED) is 0.896. The van der Waals surface area contributed by atoms with E-state index in [9.17, 15) is 14.7 Å². The molecule has 0 atom stereocenters. The SMILES string of the molecule is CC(C)CC(=O)O.CC(C)c1ccc(CC(=O)[O-])cc1. The van der Waals surface area contributed by atoms with E-state index >= 15 is 0 Å². The predicted molar refractivity (Wildman–Crippen MR) is 76.3 cm³/mol. The van der Waals surface area contributed by atoms with Crippen molar-refractivity contribution in [1.82, 2.24) is 0 Å². The van der Waals surface area contributed by atoms with E-state index in [1.807, 2.05) is 38.1 Å².